The molecule has 2 unspecified atom stereocenters. The van der Waals surface area contributed by atoms with E-state index in [0.29, 0.717) is 19.4 Å². The first kappa shape index (κ1) is 16.2. The molecule has 1 aliphatic rings. The fourth-order valence-corrected chi connectivity index (χ4v) is 3.21. The minimum absolute atomic E-state index is 0.0797. The summed E-state index contributed by atoms with van der Waals surface area (Å²) in [5, 5.41) is 0. The molecule has 1 aromatic rings. The maximum Gasteiger partial charge on any atom is 0.391 e. The molecule has 2 N–H and O–H groups in total. The fraction of sp³-hybridized carbons (Fsp3) is 0.667. The molecule has 1 aliphatic carbocycles. The van der Waals surface area contributed by atoms with Crippen LogP contribution in [0.4, 0.5) is 13.2 Å². The van der Waals surface area contributed by atoms with Crippen LogP contribution in [-0.2, 0) is 6.54 Å². The Balaban J connectivity index is 2.12. The normalized spacial score (nSPS) is 27.0. The van der Waals surface area contributed by atoms with Crippen molar-refractivity contribution in [1.29, 1.82) is 0 Å². The van der Waals surface area contributed by atoms with Crippen molar-refractivity contribution in [2.24, 2.45) is 11.7 Å². The largest absolute Gasteiger partial charge is 0.391 e. The number of alkyl halides is 3. The van der Waals surface area contributed by atoms with Crippen molar-refractivity contribution in [3.63, 3.8) is 0 Å². The lowest BCUT2D eigenvalue weighted by Crippen LogP contribution is -2.55. The second-order valence-electron chi connectivity index (χ2n) is 5.94. The molecule has 118 valence electrons. The summed E-state index contributed by atoms with van der Waals surface area (Å²) in [5.74, 6) is -1.25. The minimum atomic E-state index is -4.13. The highest BCUT2D eigenvalue weighted by molar-refractivity contribution is 5.05. The zero-order valence-corrected chi connectivity index (χ0v) is 12.2. The monoisotopic (exact) mass is 301 g/mol. The predicted octanol–water partition coefficient (Wildman–Crippen LogP) is 2.96. The highest BCUT2D eigenvalue weighted by Gasteiger charge is 2.48. The number of nitrogens with zero attached hydrogens (tertiary/aromatic N) is 2. The molecular weight excluding hydrogens is 279 g/mol. The first-order valence-corrected chi connectivity index (χ1v) is 7.25. The van der Waals surface area contributed by atoms with E-state index >= 15 is 0 Å². The van der Waals surface area contributed by atoms with Crippen LogP contribution in [0.1, 0.15) is 31.4 Å². The van der Waals surface area contributed by atoms with E-state index in [1.165, 1.54) is 0 Å². The first-order valence-electron chi connectivity index (χ1n) is 7.25. The summed E-state index contributed by atoms with van der Waals surface area (Å²) >= 11 is 0. The molecule has 0 amide bonds. The lowest BCUT2D eigenvalue weighted by molar-refractivity contribution is -0.193. The maximum atomic E-state index is 13.0. The second kappa shape index (κ2) is 6.32. The van der Waals surface area contributed by atoms with Gasteiger partial charge in [-0.05, 0) is 38.4 Å². The summed E-state index contributed by atoms with van der Waals surface area (Å²) < 4.78 is 39.1. The van der Waals surface area contributed by atoms with E-state index in [-0.39, 0.29) is 19.4 Å². The molecule has 3 nitrogen and oxygen atoms in total. The van der Waals surface area contributed by atoms with Crippen molar-refractivity contribution in [1.82, 2.24) is 9.88 Å². The Morgan fingerprint density at radius 2 is 2.19 bits per heavy atom. The van der Waals surface area contributed by atoms with Crippen LogP contribution < -0.4 is 5.73 Å². The number of pyridine rings is 1. The highest BCUT2D eigenvalue weighted by atomic mass is 19.4. The molecule has 0 aliphatic heterocycles. The molecule has 1 fully saturated rings. The molecule has 1 heterocycles. The molecule has 1 aromatic heterocycles. The van der Waals surface area contributed by atoms with E-state index in [1.54, 1.807) is 6.20 Å². The molecule has 21 heavy (non-hydrogen) atoms. The van der Waals surface area contributed by atoms with Crippen LogP contribution in [-0.4, -0.2) is 35.2 Å². The van der Waals surface area contributed by atoms with Crippen molar-refractivity contribution in [3.8, 4) is 0 Å². The van der Waals surface area contributed by atoms with E-state index in [1.807, 2.05) is 30.1 Å². The van der Waals surface area contributed by atoms with Gasteiger partial charge < -0.3 is 5.73 Å². The van der Waals surface area contributed by atoms with Crippen LogP contribution in [0, 0.1) is 5.92 Å². The van der Waals surface area contributed by atoms with Gasteiger partial charge in [-0.3, -0.25) is 9.88 Å². The van der Waals surface area contributed by atoms with Gasteiger partial charge in [-0.1, -0.05) is 12.5 Å². The third kappa shape index (κ3) is 3.74. The van der Waals surface area contributed by atoms with Crippen LogP contribution in [0.5, 0.6) is 0 Å². The third-order valence-corrected chi connectivity index (χ3v) is 4.60. The Bertz CT molecular complexity index is 449. The molecule has 0 bridgehead atoms. The van der Waals surface area contributed by atoms with Crippen LogP contribution in [0.3, 0.4) is 0 Å². The second-order valence-corrected chi connectivity index (χ2v) is 5.94. The average molecular weight is 301 g/mol. The summed E-state index contributed by atoms with van der Waals surface area (Å²) in [6.07, 6.45) is -0.878. The molecule has 0 radical (unpaired) electrons. The fourth-order valence-electron chi connectivity index (χ4n) is 3.21. The molecule has 0 spiro atoms. The highest BCUT2D eigenvalue weighted by Crippen LogP contribution is 2.43. The minimum Gasteiger partial charge on any atom is -0.329 e. The molecular formula is C15H22F3N3. The first-order chi connectivity index (χ1) is 9.87. The molecule has 2 rings (SSSR count). The zero-order chi connectivity index (χ0) is 15.5. The topological polar surface area (TPSA) is 42.2 Å². The van der Waals surface area contributed by atoms with Crippen molar-refractivity contribution in [2.75, 3.05) is 13.6 Å². The van der Waals surface area contributed by atoms with Gasteiger partial charge in [0.15, 0.2) is 0 Å². The number of hydrogen-bond donors (Lipinski definition) is 1. The van der Waals surface area contributed by atoms with Crippen LogP contribution in [0.2, 0.25) is 0 Å². The Morgan fingerprint density at radius 1 is 1.43 bits per heavy atom. The predicted molar refractivity (Wildman–Crippen MR) is 75.5 cm³/mol. The number of aromatic nitrogens is 1. The van der Waals surface area contributed by atoms with E-state index in [4.69, 9.17) is 5.73 Å². The summed E-state index contributed by atoms with van der Waals surface area (Å²) in [6, 6.07) is 5.58. The lowest BCUT2D eigenvalue weighted by Gasteiger charge is -2.46. The summed E-state index contributed by atoms with van der Waals surface area (Å²) in [4.78, 5) is 6.19. The van der Waals surface area contributed by atoms with Crippen molar-refractivity contribution < 1.29 is 13.2 Å². The standard InChI is InChI=1S/C15H22F3N3/c1-21(10-13-6-2-3-8-20-13)14(11-19)7-4-5-12(9-14)15(16,17)18/h2-3,6,8,12H,4-5,7,9-11,19H2,1H3. The van der Waals surface area contributed by atoms with Crippen molar-refractivity contribution in [3.05, 3.63) is 30.1 Å². The zero-order valence-electron chi connectivity index (χ0n) is 12.2. The van der Waals surface area contributed by atoms with Gasteiger partial charge in [0.25, 0.3) is 0 Å². The number of likely N-dealkylation sites (N-methyl/N-ethyl adjacent to an activating group) is 1. The van der Waals surface area contributed by atoms with Gasteiger partial charge in [-0.2, -0.15) is 13.2 Å². The molecule has 1 saturated carbocycles. The molecule has 0 saturated heterocycles. The van der Waals surface area contributed by atoms with Gasteiger partial charge in [0.1, 0.15) is 0 Å². The van der Waals surface area contributed by atoms with Crippen LogP contribution in [0.15, 0.2) is 24.4 Å². The SMILES string of the molecule is CN(Cc1ccccn1)C1(CN)CCCC(C(F)(F)F)C1. The van der Waals surface area contributed by atoms with Gasteiger partial charge in [0, 0.05) is 24.8 Å². The number of nitrogens with two attached hydrogens (primary N) is 1. The molecule has 0 aromatic carbocycles. The van der Waals surface area contributed by atoms with Gasteiger partial charge in [0.2, 0.25) is 0 Å². The Morgan fingerprint density at radius 3 is 2.76 bits per heavy atom. The van der Waals surface area contributed by atoms with Gasteiger partial charge in [-0.25, -0.2) is 0 Å². The van der Waals surface area contributed by atoms with Crippen molar-refractivity contribution >= 4 is 0 Å². The number of halogens is 3. The molecule has 2 atom stereocenters. The summed E-state index contributed by atoms with van der Waals surface area (Å²) in [7, 11) is 1.85. The molecule has 6 heteroatoms. The summed E-state index contributed by atoms with van der Waals surface area (Å²) in [5.41, 5.74) is 6.13. The Kier molecular flexibility index (Phi) is 4.88. The quantitative estimate of drug-likeness (QED) is 0.929. The smallest absolute Gasteiger partial charge is 0.329 e. The van der Waals surface area contributed by atoms with Gasteiger partial charge in [0.05, 0.1) is 11.6 Å². The van der Waals surface area contributed by atoms with Crippen LogP contribution in [0.25, 0.3) is 0 Å². The van der Waals surface area contributed by atoms with Crippen molar-refractivity contribution in [2.45, 2.75) is 43.9 Å². The van der Waals surface area contributed by atoms with E-state index in [0.717, 1.165) is 5.69 Å². The maximum absolute atomic E-state index is 13.0. The number of hydrogen-bond acceptors (Lipinski definition) is 3. The van der Waals surface area contributed by atoms with Gasteiger partial charge >= 0.3 is 6.18 Å². The van der Waals surface area contributed by atoms with Gasteiger partial charge in [-0.15, -0.1) is 0 Å². The number of rotatable bonds is 4. The average Bonchev–Trinajstić information content (AvgIpc) is 2.47. The van der Waals surface area contributed by atoms with E-state index in [2.05, 4.69) is 4.98 Å². The van der Waals surface area contributed by atoms with E-state index in [9.17, 15) is 13.2 Å². The lowest BCUT2D eigenvalue weighted by atomic mass is 9.74. The Labute approximate surface area is 123 Å². The third-order valence-electron chi connectivity index (χ3n) is 4.60. The summed E-state index contributed by atoms with van der Waals surface area (Å²) in [6.45, 7) is 0.755. The van der Waals surface area contributed by atoms with E-state index < -0.39 is 17.6 Å². The van der Waals surface area contributed by atoms with Crippen LogP contribution >= 0.6 is 0 Å². The Hall–Kier alpha value is -1.14.